The smallest absolute Gasteiger partial charge is 0.194 e. The molecule has 2 rings (SSSR count). The summed E-state index contributed by atoms with van der Waals surface area (Å²) in [6.07, 6.45) is 0.915. The number of ether oxygens (including phenoxy) is 2. The van der Waals surface area contributed by atoms with Gasteiger partial charge in [0.2, 0.25) is 0 Å². The molecule has 1 aliphatic heterocycles. The Hall–Kier alpha value is -0.770. The second-order valence-electron chi connectivity index (χ2n) is 6.12. The van der Waals surface area contributed by atoms with Crippen molar-refractivity contribution >= 4 is 47.2 Å². The van der Waals surface area contributed by atoms with Gasteiger partial charge in [-0.05, 0) is 25.5 Å². The Bertz CT molecular complexity index is 554. The van der Waals surface area contributed by atoms with Crippen LogP contribution in [0.15, 0.2) is 29.3 Å². The predicted molar refractivity (Wildman–Crippen MR) is 124 cm³/mol. The molecule has 0 atom stereocenters. The molecular formula is C19H32ClIN4O2. The molecule has 6 nitrogen and oxygen atoms in total. The van der Waals surface area contributed by atoms with E-state index in [4.69, 9.17) is 26.1 Å². The monoisotopic (exact) mass is 510 g/mol. The van der Waals surface area contributed by atoms with Gasteiger partial charge < -0.3 is 24.6 Å². The number of nitrogens with zero attached hydrogens (tertiary/aromatic N) is 3. The number of hydrogen-bond donors (Lipinski definition) is 1. The number of hydrogen-bond acceptors (Lipinski definition) is 4. The molecule has 0 amide bonds. The van der Waals surface area contributed by atoms with Crippen LogP contribution in [0.4, 0.5) is 5.69 Å². The van der Waals surface area contributed by atoms with E-state index >= 15 is 0 Å². The fraction of sp³-hybridized carbons (Fsp3) is 0.632. The molecule has 1 saturated heterocycles. The highest BCUT2D eigenvalue weighted by molar-refractivity contribution is 14.0. The average molecular weight is 511 g/mol. The van der Waals surface area contributed by atoms with Crippen LogP contribution in [0.3, 0.4) is 0 Å². The number of piperazine rings is 1. The fourth-order valence-electron chi connectivity index (χ4n) is 2.89. The van der Waals surface area contributed by atoms with Crippen molar-refractivity contribution in [1.29, 1.82) is 0 Å². The molecule has 0 unspecified atom stereocenters. The summed E-state index contributed by atoms with van der Waals surface area (Å²) >= 11 is 6.33. The van der Waals surface area contributed by atoms with Crippen LogP contribution in [0.2, 0.25) is 5.02 Å². The summed E-state index contributed by atoms with van der Waals surface area (Å²) in [6.45, 7) is 9.47. The summed E-state index contributed by atoms with van der Waals surface area (Å²) < 4.78 is 10.5. The summed E-state index contributed by atoms with van der Waals surface area (Å²) in [7, 11) is 1.68. The fourth-order valence-corrected chi connectivity index (χ4v) is 3.14. The molecule has 0 radical (unpaired) electrons. The largest absolute Gasteiger partial charge is 0.382 e. The minimum absolute atomic E-state index is 0. The van der Waals surface area contributed by atoms with Gasteiger partial charge in [-0.1, -0.05) is 23.7 Å². The Labute approximate surface area is 185 Å². The topological polar surface area (TPSA) is 49.3 Å². The van der Waals surface area contributed by atoms with E-state index in [1.165, 1.54) is 0 Å². The van der Waals surface area contributed by atoms with Crippen LogP contribution in [0.25, 0.3) is 0 Å². The van der Waals surface area contributed by atoms with Crippen LogP contribution < -0.4 is 10.2 Å². The third-order valence-corrected chi connectivity index (χ3v) is 4.57. The molecule has 1 heterocycles. The molecular weight excluding hydrogens is 479 g/mol. The standard InChI is InChI=1S/C19H31ClN4O2.HI/c1-3-21-19(22-9-6-14-26-16-15-25-2)24-12-10-23(11-13-24)18-8-5-4-7-17(18)20;/h4-5,7-8H,3,6,9-16H2,1-2H3,(H,21,22);1H. The van der Waals surface area contributed by atoms with Crippen LogP contribution in [-0.2, 0) is 9.47 Å². The zero-order chi connectivity index (χ0) is 18.6. The Morgan fingerprint density at radius 1 is 1.15 bits per heavy atom. The van der Waals surface area contributed by atoms with Gasteiger partial charge in [-0.3, -0.25) is 4.99 Å². The number of benzene rings is 1. The summed E-state index contributed by atoms with van der Waals surface area (Å²) in [5.74, 6) is 0.989. The zero-order valence-electron chi connectivity index (χ0n) is 16.3. The lowest BCUT2D eigenvalue weighted by atomic mass is 10.2. The average Bonchev–Trinajstić information content (AvgIpc) is 2.67. The highest BCUT2D eigenvalue weighted by Gasteiger charge is 2.20. The predicted octanol–water partition coefficient (Wildman–Crippen LogP) is 3.10. The maximum atomic E-state index is 6.33. The quantitative estimate of drug-likeness (QED) is 0.239. The van der Waals surface area contributed by atoms with Gasteiger partial charge in [0.15, 0.2) is 5.96 Å². The van der Waals surface area contributed by atoms with Crippen molar-refractivity contribution in [2.45, 2.75) is 13.3 Å². The van der Waals surface area contributed by atoms with E-state index in [2.05, 4.69) is 28.1 Å². The first-order valence-electron chi connectivity index (χ1n) is 9.35. The van der Waals surface area contributed by atoms with Crippen molar-refractivity contribution in [1.82, 2.24) is 10.2 Å². The van der Waals surface area contributed by atoms with Crippen LogP contribution in [0, 0.1) is 0 Å². The molecule has 0 aliphatic carbocycles. The number of para-hydroxylation sites is 1. The number of rotatable bonds is 9. The van der Waals surface area contributed by atoms with Gasteiger partial charge in [0.05, 0.1) is 23.9 Å². The molecule has 27 heavy (non-hydrogen) atoms. The first-order valence-corrected chi connectivity index (χ1v) is 9.73. The highest BCUT2D eigenvalue weighted by atomic mass is 127. The Morgan fingerprint density at radius 3 is 2.56 bits per heavy atom. The minimum Gasteiger partial charge on any atom is -0.382 e. The number of aliphatic imine (C=N–C) groups is 1. The Kier molecular flexibility index (Phi) is 12.8. The second kappa shape index (κ2) is 14.3. The third kappa shape index (κ3) is 8.41. The molecule has 1 fully saturated rings. The third-order valence-electron chi connectivity index (χ3n) is 4.25. The van der Waals surface area contributed by atoms with Gasteiger partial charge in [0.1, 0.15) is 0 Å². The Balaban J connectivity index is 0.00000364. The summed E-state index contributed by atoms with van der Waals surface area (Å²) in [6, 6.07) is 8.04. The van der Waals surface area contributed by atoms with Crippen molar-refractivity contribution in [2.75, 3.05) is 71.1 Å². The molecule has 1 N–H and O–H groups in total. The van der Waals surface area contributed by atoms with Crippen molar-refractivity contribution in [2.24, 2.45) is 4.99 Å². The van der Waals surface area contributed by atoms with Crippen LogP contribution in [0.5, 0.6) is 0 Å². The number of nitrogens with one attached hydrogen (secondary N) is 1. The van der Waals surface area contributed by atoms with Crippen LogP contribution in [0.1, 0.15) is 13.3 Å². The van der Waals surface area contributed by atoms with Gasteiger partial charge in [-0.2, -0.15) is 0 Å². The molecule has 154 valence electrons. The van der Waals surface area contributed by atoms with E-state index < -0.39 is 0 Å². The molecule has 0 saturated carbocycles. The lowest BCUT2D eigenvalue weighted by molar-refractivity contribution is 0.0702. The molecule has 0 bridgehead atoms. The number of halogens is 2. The normalized spacial score (nSPS) is 14.9. The maximum absolute atomic E-state index is 6.33. The lowest BCUT2D eigenvalue weighted by Crippen LogP contribution is -2.52. The summed E-state index contributed by atoms with van der Waals surface area (Å²) in [4.78, 5) is 9.41. The molecule has 8 heteroatoms. The van der Waals surface area contributed by atoms with Crippen LogP contribution >= 0.6 is 35.6 Å². The van der Waals surface area contributed by atoms with E-state index in [0.29, 0.717) is 19.8 Å². The first-order chi connectivity index (χ1) is 12.8. The first kappa shape index (κ1) is 24.3. The van der Waals surface area contributed by atoms with Crippen molar-refractivity contribution in [3.8, 4) is 0 Å². The summed E-state index contributed by atoms with van der Waals surface area (Å²) in [5.41, 5.74) is 1.11. The number of anilines is 1. The second-order valence-corrected chi connectivity index (χ2v) is 6.53. The van der Waals surface area contributed by atoms with E-state index in [0.717, 1.165) is 62.4 Å². The van der Waals surface area contributed by atoms with Gasteiger partial charge in [-0.25, -0.2) is 0 Å². The van der Waals surface area contributed by atoms with Gasteiger partial charge in [0, 0.05) is 53.0 Å². The molecule has 1 aromatic rings. The number of methoxy groups -OCH3 is 1. The van der Waals surface area contributed by atoms with E-state index in [9.17, 15) is 0 Å². The van der Waals surface area contributed by atoms with Crippen molar-refractivity contribution in [3.05, 3.63) is 29.3 Å². The maximum Gasteiger partial charge on any atom is 0.194 e. The molecule has 1 aromatic carbocycles. The van der Waals surface area contributed by atoms with Gasteiger partial charge in [-0.15, -0.1) is 24.0 Å². The highest BCUT2D eigenvalue weighted by Crippen LogP contribution is 2.25. The number of guanidine groups is 1. The van der Waals surface area contributed by atoms with Gasteiger partial charge >= 0.3 is 0 Å². The molecule has 1 aliphatic rings. The van der Waals surface area contributed by atoms with E-state index in [-0.39, 0.29) is 24.0 Å². The Morgan fingerprint density at radius 2 is 1.89 bits per heavy atom. The lowest BCUT2D eigenvalue weighted by Gasteiger charge is -2.38. The zero-order valence-corrected chi connectivity index (χ0v) is 19.4. The summed E-state index contributed by atoms with van der Waals surface area (Å²) in [5, 5.41) is 4.21. The van der Waals surface area contributed by atoms with E-state index in [1.54, 1.807) is 7.11 Å². The molecule has 0 aromatic heterocycles. The minimum atomic E-state index is 0. The SMILES string of the molecule is CCNC(=NCCCOCCOC)N1CCN(c2ccccc2Cl)CC1.I. The molecule has 0 spiro atoms. The van der Waals surface area contributed by atoms with Gasteiger partial charge in [0.25, 0.3) is 0 Å². The van der Waals surface area contributed by atoms with Crippen LogP contribution in [-0.4, -0.2) is 77.1 Å². The van der Waals surface area contributed by atoms with Crippen molar-refractivity contribution < 1.29 is 9.47 Å². The van der Waals surface area contributed by atoms with Crippen molar-refractivity contribution in [3.63, 3.8) is 0 Å². The van der Waals surface area contributed by atoms with E-state index in [1.807, 2.05) is 18.2 Å².